The molecule has 0 spiro atoms. The predicted molar refractivity (Wildman–Crippen MR) is 123 cm³/mol. The monoisotopic (exact) mass is 509 g/mol. The molecule has 0 radical (unpaired) electrons. The molecule has 0 saturated carbocycles. The number of carbonyl (C=O) groups is 1. The van der Waals surface area contributed by atoms with E-state index in [1.54, 1.807) is 30.3 Å². The molecule has 32 heavy (non-hydrogen) atoms. The van der Waals surface area contributed by atoms with Crippen LogP contribution < -0.4 is 15.2 Å². The maximum absolute atomic E-state index is 12.4. The fourth-order valence-electron chi connectivity index (χ4n) is 2.66. The van der Waals surface area contributed by atoms with Gasteiger partial charge in [0.25, 0.3) is 0 Å². The van der Waals surface area contributed by atoms with E-state index in [0.29, 0.717) is 21.9 Å². The highest BCUT2D eigenvalue weighted by Crippen LogP contribution is 2.35. The number of sulfonamides is 1. The van der Waals surface area contributed by atoms with E-state index in [-0.39, 0.29) is 32.8 Å². The standard InChI is InChI=1S/C21H14Cl3N3O4S/c22-15-4-1-13(11-25)8-20(15)31-19-6-2-12(7-17(19)24)9-21(28)27-18-5-3-14(10-16(18)23)32(26,29)30/h1-8,10H,9H2,(H,27,28)(H2,26,29,30). The first-order chi connectivity index (χ1) is 15.1. The zero-order valence-electron chi connectivity index (χ0n) is 16.1. The summed E-state index contributed by atoms with van der Waals surface area (Å²) >= 11 is 18.4. The zero-order chi connectivity index (χ0) is 23.5. The first kappa shape index (κ1) is 23.9. The Morgan fingerprint density at radius 3 is 2.34 bits per heavy atom. The smallest absolute Gasteiger partial charge is 0.238 e. The van der Waals surface area contributed by atoms with Gasteiger partial charge in [0.1, 0.15) is 11.5 Å². The molecule has 0 aliphatic rings. The second-order valence-corrected chi connectivity index (χ2v) is 9.32. The molecule has 3 rings (SSSR count). The maximum Gasteiger partial charge on any atom is 0.238 e. The Kier molecular flexibility index (Phi) is 7.29. The molecule has 0 aromatic heterocycles. The minimum absolute atomic E-state index is 0.0298. The lowest BCUT2D eigenvalue weighted by Gasteiger charge is -2.11. The van der Waals surface area contributed by atoms with Crippen LogP contribution in [0.4, 0.5) is 5.69 Å². The van der Waals surface area contributed by atoms with Crippen molar-refractivity contribution in [3.63, 3.8) is 0 Å². The number of nitrogens with zero attached hydrogens (tertiary/aromatic N) is 1. The van der Waals surface area contributed by atoms with Gasteiger partial charge in [0.2, 0.25) is 15.9 Å². The molecule has 3 N–H and O–H groups in total. The molecule has 0 atom stereocenters. The highest BCUT2D eigenvalue weighted by Gasteiger charge is 2.14. The van der Waals surface area contributed by atoms with E-state index in [1.807, 2.05) is 6.07 Å². The molecule has 0 heterocycles. The normalized spacial score (nSPS) is 11.0. The molecule has 3 aromatic carbocycles. The summed E-state index contributed by atoms with van der Waals surface area (Å²) in [5, 5.41) is 17.3. The van der Waals surface area contributed by atoms with E-state index in [0.717, 1.165) is 6.07 Å². The molecule has 0 saturated heterocycles. The first-order valence-electron chi connectivity index (χ1n) is 8.85. The van der Waals surface area contributed by atoms with Crippen LogP contribution >= 0.6 is 34.8 Å². The Morgan fingerprint density at radius 1 is 0.969 bits per heavy atom. The number of nitrogens with two attached hydrogens (primary N) is 1. The molecule has 1 amide bonds. The summed E-state index contributed by atoms with van der Waals surface area (Å²) in [6.45, 7) is 0. The van der Waals surface area contributed by atoms with Crippen LogP contribution in [-0.4, -0.2) is 14.3 Å². The SMILES string of the molecule is N#Cc1ccc(Cl)c(Oc2ccc(CC(=O)Nc3ccc(S(N)(=O)=O)cc3Cl)cc2Cl)c1. The van der Waals surface area contributed by atoms with E-state index in [2.05, 4.69) is 5.32 Å². The van der Waals surface area contributed by atoms with Crippen molar-refractivity contribution < 1.29 is 17.9 Å². The molecule has 164 valence electrons. The fourth-order valence-corrected chi connectivity index (χ4v) is 3.89. The predicted octanol–water partition coefficient (Wildman–Crippen LogP) is 5.14. The van der Waals surface area contributed by atoms with Gasteiger partial charge in [0.05, 0.1) is 43.7 Å². The topological polar surface area (TPSA) is 122 Å². The van der Waals surface area contributed by atoms with E-state index < -0.39 is 15.9 Å². The summed E-state index contributed by atoms with van der Waals surface area (Å²) in [6.07, 6.45) is -0.0298. The average Bonchev–Trinajstić information content (AvgIpc) is 2.72. The molecule has 0 bridgehead atoms. The minimum atomic E-state index is -3.91. The molecule has 0 aliphatic heterocycles. The molecule has 7 nitrogen and oxygen atoms in total. The number of primary sulfonamides is 1. The second-order valence-electron chi connectivity index (χ2n) is 6.54. The summed E-state index contributed by atoms with van der Waals surface area (Å²) in [6, 6.07) is 15.1. The molecule has 11 heteroatoms. The third-order valence-electron chi connectivity index (χ3n) is 4.18. The van der Waals surface area contributed by atoms with Crippen molar-refractivity contribution in [1.29, 1.82) is 5.26 Å². The summed E-state index contributed by atoms with van der Waals surface area (Å²) in [5.41, 5.74) is 1.21. The van der Waals surface area contributed by atoms with Crippen LogP contribution in [0.1, 0.15) is 11.1 Å². The average molecular weight is 511 g/mol. The number of benzene rings is 3. The van der Waals surface area contributed by atoms with Gasteiger partial charge in [0, 0.05) is 6.07 Å². The second kappa shape index (κ2) is 9.77. The number of amides is 1. The van der Waals surface area contributed by atoms with Crippen molar-refractivity contribution in [3.8, 4) is 17.6 Å². The number of carbonyl (C=O) groups excluding carboxylic acids is 1. The molecular formula is C21H14Cl3N3O4S. The van der Waals surface area contributed by atoms with Gasteiger partial charge in [-0.2, -0.15) is 5.26 Å². The van der Waals surface area contributed by atoms with Crippen LogP contribution in [0.5, 0.6) is 11.5 Å². The minimum Gasteiger partial charge on any atom is -0.454 e. The van der Waals surface area contributed by atoms with Crippen LogP contribution in [0.2, 0.25) is 15.1 Å². The van der Waals surface area contributed by atoms with Crippen molar-refractivity contribution in [2.24, 2.45) is 5.14 Å². The van der Waals surface area contributed by atoms with Gasteiger partial charge in [-0.05, 0) is 48.0 Å². The van der Waals surface area contributed by atoms with Crippen molar-refractivity contribution in [3.05, 3.63) is 80.8 Å². The third kappa shape index (κ3) is 5.91. The van der Waals surface area contributed by atoms with Crippen molar-refractivity contribution in [2.75, 3.05) is 5.32 Å². The number of ether oxygens (including phenoxy) is 1. The maximum atomic E-state index is 12.4. The summed E-state index contributed by atoms with van der Waals surface area (Å²) in [5.74, 6) is 0.176. The van der Waals surface area contributed by atoms with Gasteiger partial charge < -0.3 is 10.1 Å². The zero-order valence-corrected chi connectivity index (χ0v) is 19.2. The lowest BCUT2D eigenvalue weighted by Crippen LogP contribution is -2.16. The molecule has 0 aliphatic carbocycles. The van der Waals surface area contributed by atoms with Crippen molar-refractivity contribution in [1.82, 2.24) is 0 Å². The van der Waals surface area contributed by atoms with E-state index in [9.17, 15) is 13.2 Å². The molecule has 0 unspecified atom stereocenters. The number of hydrogen-bond acceptors (Lipinski definition) is 5. The third-order valence-corrected chi connectivity index (χ3v) is 6.02. The van der Waals surface area contributed by atoms with Crippen LogP contribution in [0.3, 0.4) is 0 Å². The van der Waals surface area contributed by atoms with Gasteiger partial charge in [-0.3, -0.25) is 4.79 Å². The van der Waals surface area contributed by atoms with Gasteiger partial charge in [-0.1, -0.05) is 40.9 Å². The van der Waals surface area contributed by atoms with E-state index in [4.69, 9.17) is 49.9 Å². The van der Waals surface area contributed by atoms with Crippen molar-refractivity contribution >= 4 is 56.4 Å². The Morgan fingerprint density at radius 2 is 1.72 bits per heavy atom. The van der Waals surface area contributed by atoms with Gasteiger partial charge in [-0.25, -0.2) is 13.6 Å². The summed E-state index contributed by atoms with van der Waals surface area (Å²) in [7, 11) is -3.91. The van der Waals surface area contributed by atoms with Crippen LogP contribution in [-0.2, 0) is 21.2 Å². The van der Waals surface area contributed by atoms with Crippen LogP contribution in [0, 0.1) is 11.3 Å². The molecule has 3 aromatic rings. The number of nitriles is 1. The highest BCUT2D eigenvalue weighted by molar-refractivity contribution is 7.89. The Hall–Kier alpha value is -2.80. The van der Waals surface area contributed by atoms with Gasteiger partial charge in [0.15, 0.2) is 0 Å². The van der Waals surface area contributed by atoms with Crippen LogP contribution in [0.15, 0.2) is 59.5 Å². The fraction of sp³-hybridized carbons (Fsp3) is 0.0476. The van der Waals surface area contributed by atoms with Crippen molar-refractivity contribution in [2.45, 2.75) is 11.3 Å². The van der Waals surface area contributed by atoms with Gasteiger partial charge in [-0.15, -0.1) is 0 Å². The quantitative estimate of drug-likeness (QED) is 0.475. The number of anilines is 1. The first-order valence-corrected chi connectivity index (χ1v) is 11.5. The number of rotatable bonds is 6. The largest absolute Gasteiger partial charge is 0.454 e. The Bertz CT molecular complexity index is 1350. The molecular weight excluding hydrogens is 497 g/mol. The lowest BCUT2D eigenvalue weighted by molar-refractivity contribution is -0.115. The molecule has 0 fully saturated rings. The van der Waals surface area contributed by atoms with E-state index in [1.165, 1.54) is 18.2 Å². The number of nitrogens with one attached hydrogen (secondary N) is 1. The summed E-state index contributed by atoms with van der Waals surface area (Å²) < 4.78 is 28.4. The van der Waals surface area contributed by atoms with E-state index >= 15 is 0 Å². The number of hydrogen-bond donors (Lipinski definition) is 2. The van der Waals surface area contributed by atoms with Crippen LogP contribution in [0.25, 0.3) is 0 Å². The summed E-state index contributed by atoms with van der Waals surface area (Å²) in [4.78, 5) is 12.2. The van der Waals surface area contributed by atoms with Gasteiger partial charge >= 0.3 is 0 Å². The highest BCUT2D eigenvalue weighted by atomic mass is 35.5. The lowest BCUT2D eigenvalue weighted by atomic mass is 10.1. The number of halogens is 3. The Labute approximate surface area is 199 Å². The Balaban J connectivity index is 1.71.